The number of pyridine rings is 2. The van der Waals surface area contributed by atoms with Gasteiger partial charge in [-0.1, -0.05) is 27.7 Å². The predicted octanol–water partition coefficient (Wildman–Crippen LogP) is 2.65. The molecule has 2 aromatic heterocycles. The first kappa shape index (κ1) is 23.3. The average molecular weight is 413 g/mol. The van der Waals surface area contributed by atoms with E-state index in [0.29, 0.717) is 37.9 Å². The summed E-state index contributed by atoms with van der Waals surface area (Å²) in [4.78, 5) is 42.1. The lowest BCUT2D eigenvalue weighted by molar-refractivity contribution is 0.0949. The van der Waals surface area contributed by atoms with E-state index in [4.69, 9.17) is 0 Å². The van der Waals surface area contributed by atoms with E-state index in [-0.39, 0.29) is 11.1 Å². The van der Waals surface area contributed by atoms with Crippen molar-refractivity contribution in [1.82, 2.24) is 20.2 Å². The summed E-state index contributed by atoms with van der Waals surface area (Å²) in [6.07, 6.45) is 7.92. The molecule has 0 aromatic carbocycles. The van der Waals surface area contributed by atoms with Gasteiger partial charge in [0.05, 0.1) is 0 Å². The van der Waals surface area contributed by atoms with Crippen molar-refractivity contribution in [2.45, 2.75) is 47.1 Å². The van der Waals surface area contributed by atoms with Gasteiger partial charge in [0.2, 0.25) is 5.43 Å². The van der Waals surface area contributed by atoms with Crippen LogP contribution >= 0.6 is 0 Å². The molecule has 0 aliphatic rings. The maximum absolute atomic E-state index is 12.9. The predicted molar refractivity (Wildman–Crippen MR) is 118 cm³/mol. The summed E-state index contributed by atoms with van der Waals surface area (Å²) in [6, 6.07) is 3.76. The summed E-state index contributed by atoms with van der Waals surface area (Å²) in [5.74, 6) is -0.166. The Bertz CT molecular complexity index is 904. The first-order chi connectivity index (χ1) is 14.3. The molecule has 0 saturated carbocycles. The number of hydrogen-bond donors (Lipinski definition) is 2. The molecule has 0 aliphatic heterocycles. The molecule has 0 radical (unpaired) electrons. The molecule has 2 aromatic rings. The Labute approximate surface area is 177 Å². The van der Waals surface area contributed by atoms with Crippen molar-refractivity contribution in [3.63, 3.8) is 0 Å². The minimum Gasteiger partial charge on any atom is -0.352 e. The standard InChI is InChI=1S/C23H32N4O3/c1-16(2)5-11-25-22(29)19-14-27(13-17(3)4)15-20(21(19)28)23(30)26-12-8-18-6-9-24-10-7-18/h6-7,9-10,14-17H,5,8,11-13H2,1-4H3,(H,25,29)(H,26,30). The fourth-order valence-corrected chi connectivity index (χ4v) is 3.02. The third-order valence-electron chi connectivity index (χ3n) is 4.60. The van der Waals surface area contributed by atoms with Crippen molar-refractivity contribution < 1.29 is 9.59 Å². The van der Waals surface area contributed by atoms with Crippen molar-refractivity contribution in [1.29, 1.82) is 0 Å². The number of nitrogens with zero attached hydrogens (tertiary/aromatic N) is 2. The maximum Gasteiger partial charge on any atom is 0.256 e. The van der Waals surface area contributed by atoms with Crippen LogP contribution in [0.25, 0.3) is 0 Å². The molecule has 0 atom stereocenters. The molecule has 2 rings (SSSR count). The molecular weight excluding hydrogens is 380 g/mol. The van der Waals surface area contributed by atoms with E-state index < -0.39 is 17.2 Å². The highest BCUT2D eigenvalue weighted by atomic mass is 16.2. The molecule has 7 heteroatoms. The molecule has 2 N–H and O–H groups in total. The number of hydrogen-bond acceptors (Lipinski definition) is 4. The van der Waals surface area contributed by atoms with Crippen LogP contribution in [0.15, 0.2) is 41.7 Å². The first-order valence-electron chi connectivity index (χ1n) is 10.5. The molecule has 30 heavy (non-hydrogen) atoms. The molecule has 2 heterocycles. The summed E-state index contributed by atoms with van der Waals surface area (Å²) in [7, 11) is 0. The number of nitrogens with one attached hydrogen (secondary N) is 2. The van der Waals surface area contributed by atoms with Crippen LogP contribution in [0.5, 0.6) is 0 Å². The van der Waals surface area contributed by atoms with Gasteiger partial charge in [0.15, 0.2) is 0 Å². The van der Waals surface area contributed by atoms with Crippen LogP contribution in [0.4, 0.5) is 0 Å². The second-order valence-corrected chi connectivity index (χ2v) is 8.31. The molecule has 0 unspecified atom stereocenters. The molecule has 0 aliphatic carbocycles. The number of carbonyl (C=O) groups is 2. The molecule has 7 nitrogen and oxygen atoms in total. The smallest absolute Gasteiger partial charge is 0.256 e. The third kappa shape index (κ3) is 7.13. The van der Waals surface area contributed by atoms with E-state index in [0.717, 1.165) is 12.0 Å². The summed E-state index contributed by atoms with van der Waals surface area (Å²) in [6.45, 7) is 9.69. The molecule has 0 spiro atoms. The Kier molecular flexibility index (Phi) is 8.77. The van der Waals surface area contributed by atoms with Gasteiger partial charge in [0, 0.05) is 44.4 Å². The Balaban J connectivity index is 2.18. The van der Waals surface area contributed by atoms with Crippen LogP contribution in [0.3, 0.4) is 0 Å². The van der Waals surface area contributed by atoms with E-state index in [2.05, 4.69) is 29.5 Å². The topological polar surface area (TPSA) is 93.1 Å². The Morgan fingerprint density at radius 1 is 0.933 bits per heavy atom. The van der Waals surface area contributed by atoms with Crippen LogP contribution in [-0.2, 0) is 13.0 Å². The van der Waals surface area contributed by atoms with Crippen molar-refractivity contribution in [2.75, 3.05) is 13.1 Å². The summed E-state index contributed by atoms with van der Waals surface area (Å²) in [5, 5.41) is 5.58. The average Bonchev–Trinajstić information content (AvgIpc) is 2.69. The highest BCUT2D eigenvalue weighted by molar-refractivity contribution is 5.99. The van der Waals surface area contributed by atoms with Crippen LogP contribution < -0.4 is 16.1 Å². The van der Waals surface area contributed by atoms with Crippen molar-refractivity contribution >= 4 is 11.8 Å². The number of carbonyl (C=O) groups excluding carboxylic acids is 2. The van der Waals surface area contributed by atoms with Gasteiger partial charge in [-0.2, -0.15) is 0 Å². The molecule has 0 saturated heterocycles. The summed E-state index contributed by atoms with van der Waals surface area (Å²) < 4.78 is 1.75. The van der Waals surface area contributed by atoms with E-state index in [1.54, 1.807) is 23.2 Å². The van der Waals surface area contributed by atoms with Gasteiger partial charge in [-0.15, -0.1) is 0 Å². The second-order valence-electron chi connectivity index (χ2n) is 8.31. The van der Waals surface area contributed by atoms with E-state index >= 15 is 0 Å². The SMILES string of the molecule is CC(C)CCNC(=O)c1cn(CC(C)C)cc(C(=O)NCCc2ccncc2)c1=O. The lowest BCUT2D eigenvalue weighted by atomic mass is 10.1. The van der Waals surface area contributed by atoms with Crippen LogP contribution in [-0.4, -0.2) is 34.5 Å². The monoisotopic (exact) mass is 412 g/mol. The highest BCUT2D eigenvalue weighted by Crippen LogP contribution is 2.05. The summed E-state index contributed by atoms with van der Waals surface area (Å²) in [5.41, 5.74) is 0.488. The fraction of sp³-hybridized carbons (Fsp3) is 0.478. The number of aromatic nitrogens is 2. The fourth-order valence-electron chi connectivity index (χ4n) is 3.02. The van der Waals surface area contributed by atoms with Crippen molar-refractivity contribution in [2.24, 2.45) is 11.8 Å². The molecule has 0 fully saturated rings. The number of amides is 2. The molecule has 162 valence electrons. The van der Waals surface area contributed by atoms with E-state index in [1.807, 2.05) is 26.0 Å². The summed E-state index contributed by atoms with van der Waals surface area (Å²) >= 11 is 0. The Morgan fingerprint density at radius 3 is 2.03 bits per heavy atom. The van der Waals surface area contributed by atoms with Crippen molar-refractivity contribution in [3.8, 4) is 0 Å². The zero-order valence-electron chi connectivity index (χ0n) is 18.3. The molecule has 0 bridgehead atoms. The van der Waals surface area contributed by atoms with Crippen LogP contribution in [0.2, 0.25) is 0 Å². The van der Waals surface area contributed by atoms with Crippen LogP contribution in [0, 0.1) is 11.8 Å². The minimum absolute atomic E-state index is 0.00110. The molecular formula is C23H32N4O3. The van der Waals surface area contributed by atoms with Crippen LogP contribution in [0.1, 0.15) is 60.4 Å². The number of rotatable bonds is 10. The van der Waals surface area contributed by atoms with Crippen molar-refractivity contribution in [3.05, 3.63) is 63.8 Å². The van der Waals surface area contributed by atoms with Gasteiger partial charge in [0.25, 0.3) is 11.8 Å². The van der Waals surface area contributed by atoms with Gasteiger partial charge in [-0.3, -0.25) is 19.4 Å². The van der Waals surface area contributed by atoms with E-state index in [9.17, 15) is 14.4 Å². The lowest BCUT2D eigenvalue weighted by Gasteiger charge is -2.14. The second kappa shape index (κ2) is 11.3. The maximum atomic E-state index is 12.9. The van der Waals surface area contributed by atoms with E-state index in [1.165, 1.54) is 6.20 Å². The lowest BCUT2D eigenvalue weighted by Crippen LogP contribution is -2.36. The van der Waals surface area contributed by atoms with Gasteiger partial charge in [-0.25, -0.2) is 0 Å². The van der Waals surface area contributed by atoms with Gasteiger partial charge in [0.1, 0.15) is 11.1 Å². The first-order valence-corrected chi connectivity index (χ1v) is 10.5. The largest absolute Gasteiger partial charge is 0.352 e. The molecule has 2 amide bonds. The highest BCUT2D eigenvalue weighted by Gasteiger charge is 2.19. The van der Waals surface area contributed by atoms with Gasteiger partial charge in [-0.05, 0) is 42.4 Å². The minimum atomic E-state index is -0.543. The zero-order chi connectivity index (χ0) is 22.1. The Morgan fingerprint density at radius 2 is 1.50 bits per heavy atom. The Hall–Kier alpha value is -2.96. The quantitative estimate of drug-likeness (QED) is 0.627. The normalized spacial score (nSPS) is 11.0. The van der Waals surface area contributed by atoms with Gasteiger partial charge >= 0.3 is 0 Å². The third-order valence-corrected chi connectivity index (χ3v) is 4.60. The van der Waals surface area contributed by atoms with Gasteiger partial charge < -0.3 is 15.2 Å². The zero-order valence-corrected chi connectivity index (χ0v) is 18.3.